The molecule has 0 bridgehead atoms. The smallest absolute Gasteiger partial charge is 0.189 e. The number of aromatic nitrogens is 4. The molecule has 0 atom stereocenters. The summed E-state index contributed by atoms with van der Waals surface area (Å²) in [7, 11) is 0. The molecule has 0 fully saturated rings. The third kappa shape index (κ3) is 8.51. The summed E-state index contributed by atoms with van der Waals surface area (Å²) in [6.45, 7) is 26.1. The van der Waals surface area contributed by atoms with E-state index in [1.807, 2.05) is 36.4 Å². The van der Waals surface area contributed by atoms with Gasteiger partial charge in [0.05, 0.1) is 40.0 Å². The van der Waals surface area contributed by atoms with Crippen molar-refractivity contribution in [1.82, 2.24) is 19.1 Å². The van der Waals surface area contributed by atoms with E-state index in [0.29, 0.717) is 17.2 Å². The number of para-hydroxylation sites is 2. The Hall–Kier alpha value is -8.01. The molecule has 0 saturated heterocycles. The summed E-state index contributed by atoms with van der Waals surface area (Å²) in [6.07, 6.45) is 0. The third-order valence-electron chi connectivity index (χ3n) is 13.2. The van der Waals surface area contributed by atoms with Gasteiger partial charge in [-0.15, -0.1) is 0 Å². The quantitative estimate of drug-likeness (QED) is 0.115. The lowest BCUT2D eigenvalue weighted by atomic mass is 9.88. The minimum atomic E-state index is 0.202. The minimum absolute atomic E-state index is 0.202. The Morgan fingerprint density at radius 3 is 1.25 bits per heavy atom. The van der Waals surface area contributed by atoms with E-state index >= 15 is 0 Å². The Kier molecular flexibility index (Phi) is 12.1. The van der Waals surface area contributed by atoms with Crippen molar-refractivity contribution in [2.45, 2.75) is 79.1 Å². The van der Waals surface area contributed by atoms with Crippen LogP contribution in [0.5, 0.6) is 11.5 Å². The van der Waals surface area contributed by atoms with E-state index < -0.39 is 0 Å². The third-order valence-corrected chi connectivity index (χ3v) is 13.2. The molecule has 0 aliphatic carbocycles. The zero-order valence-electron chi connectivity index (χ0n) is 40.7. The van der Waals surface area contributed by atoms with Gasteiger partial charge in [-0.3, -0.25) is 9.13 Å². The number of benzene rings is 8. The molecule has 8 aromatic carbocycles. The summed E-state index contributed by atoms with van der Waals surface area (Å²) < 4.78 is 11.5. The summed E-state index contributed by atoms with van der Waals surface area (Å²) >= 11 is 0. The van der Waals surface area contributed by atoms with Gasteiger partial charge >= 0.3 is 0 Å². The fourth-order valence-electron chi connectivity index (χ4n) is 9.76. The van der Waals surface area contributed by atoms with Gasteiger partial charge in [0.2, 0.25) is 0 Å². The number of fused-ring (bicyclic) bond motifs is 2. The molecule has 0 unspecified atom stereocenters. The first-order valence-electron chi connectivity index (χ1n) is 24.2. The van der Waals surface area contributed by atoms with E-state index in [-0.39, 0.29) is 23.7 Å². The molecule has 10 aromatic rings. The molecule has 69 heavy (non-hydrogen) atoms. The van der Waals surface area contributed by atoms with Crippen molar-refractivity contribution in [2.75, 3.05) is 0 Å². The molecule has 340 valence electrons. The molecule has 2 aromatic heterocycles. The first-order chi connectivity index (χ1) is 33.5. The van der Waals surface area contributed by atoms with Crippen LogP contribution in [-0.2, 0) is 0 Å². The Bertz CT molecular complexity index is 3490. The summed E-state index contributed by atoms with van der Waals surface area (Å²) in [5.74, 6) is 3.95. The lowest BCUT2D eigenvalue weighted by Gasteiger charge is -2.24. The minimum Gasteiger partial charge on any atom is -0.457 e. The molecule has 0 N–H and O–H groups in total. The second kappa shape index (κ2) is 18.6. The standard InChI is InChI=1S/C63H57N5O/c1-39(2)52-34-47(43-20-12-10-13-21-43)35-53(40(3)4)60(52)67-58-29-17-16-28-56(58)65-62(67)45-24-18-26-50(32-45)69-51-27-19-25-46(33-51)63-66-57-31-30-49(64-9)38-59(57)68(63)61-54(41(5)6)36-48(37-55(61)42(7)8)44-22-14-11-15-23-44/h10-42H,1-8H3. The highest BCUT2D eigenvalue weighted by atomic mass is 16.5. The van der Waals surface area contributed by atoms with Gasteiger partial charge in [0.15, 0.2) is 5.69 Å². The van der Waals surface area contributed by atoms with Crippen LogP contribution in [0, 0.1) is 6.57 Å². The summed E-state index contributed by atoms with van der Waals surface area (Å²) in [6, 6.07) is 61.5. The molecular weight excluding hydrogens is 843 g/mol. The normalized spacial score (nSPS) is 11.7. The first kappa shape index (κ1) is 44.8. The fraction of sp³-hybridized carbons (Fsp3) is 0.190. The van der Waals surface area contributed by atoms with Gasteiger partial charge < -0.3 is 4.74 Å². The predicted octanol–water partition coefficient (Wildman–Crippen LogP) is 17.9. The SMILES string of the molecule is [C-]#[N+]c1ccc2nc(-c3cccc(Oc4cccc(-c5nc6ccccc6n5-c5c(C(C)C)cc(-c6ccccc6)cc5C(C)C)c4)c3)n(-c3c(C(C)C)cc(-c4ccccc4)cc3C(C)C)c2c1. The highest BCUT2D eigenvalue weighted by molar-refractivity contribution is 5.88. The summed E-state index contributed by atoms with van der Waals surface area (Å²) in [5, 5.41) is 0. The molecule has 0 aliphatic heterocycles. The lowest BCUT2D eigenvalue weighted by Crippen LogP contribution is -2.09. The highest BCUT2D eigenvalue weighted by Crippen LogP contribution is 2.43. The molecule has 0 radical (unpaired) electrons. The number of ether oxygens (including phenoxy) is 1. The van der Waals surface area contributed by atoms with E-state index in [1.165, 1.54) is 50.2 Å². The van der Waals surface area contributed by atoms with E-state index in [9.17, 15) is 0 Å². The maximum Gasteiger partial charge on any atom is 0.189 e. The topological polar surface area (TPSA) is 49.2 Å². The second-order valence-electron chi connectivity index (χ2n) is 19.3. The Labute approximate surface area is 406 Å². The molecule has 6 heteroatoms. The molecule has 6 nitrogen and oxygen atoms in total. The molecule has 0 spiro atoms. The number of hydrogen-bond acceptors (Lipinski definition) is 3. The van der Waals surface area contributed by atoms with Crippen molar-refractivity contribution in [3.8, 4) is 67.9 Å². The molecule has 0 aliphatic rings. The van der Waals surface area contributed by atoms with Crippen LogP contribution >= 0.6 is 0 Å². The van der Waals surface area contributed by atoms with E-state index in [0.717, 1.165) is 50.5 Å². The lowest BCUT2D eigenvalue weighted by molar-refractivity contribution is 0.483. The van der Waals surface area contributed by atoms with Crippen LogP contribution in [0.2, 0.25) is 0 Å². The molecule has 0 saturated carbocycles. The van der Waals surface area contributed by atoms with Gasteiger partial charge in [0.25, 0.3) is 0 Å². The number of imidazole rings is 2. The number of nitrogens with zero attached hydrogens (tertiary/aromatic N) is 5. The number of hydrogen-bond donors (Lipinski definition) is 0. The second-order valence-corrected chi connectivity index (χ2v) is 19.3. The average molecular weight is 900 g/mol. The van der Waals surface area contributed by atoms with Gasteiger partial charge in [-0.05, 0) is 141 Å². The van der Waals surface area contributed by atoms with Gasteiger partial charge in [-0.25, -0.2) is 14.8 Å². The molecular formula is C63H57N5O. The number of rotatable bonds is 12. The molecule has 0 amide bonds. The summed E-state index contributed by atoms with van der Waals surface area (Å²) in [5.41, 5.74) is 18.2. The van der Waals surface area contributed by atoms with Crippen molar-refractivity contribution < 1.29 is 4.74 Å². The van der Waals surface area contributed by atoms with E-state index in [1.54, 1.807) is 0 Å². The zero-order chi connectivity index (χ0) is 47.9. The van der Waals surface area contributed by atoms with Gasteiger partial charge in [-0.1, -0.05) is 159 Å². The van der Waals surface area contributed by atoms with Crippen molar-refractivity contribution in [3.63, 3.8) is 0 Å². The van der Waals surface area contributed by atoms with E-state index in [2.05, 4.69) is 209 Å². The summed E-state index contributed by atoms with van der Waals surface area (Å²) in [4.78, 5) is 14.5. The Morgan fingerprint density at radius 2 is 0.797 bits per heavy atom. The van der Waals surface area contributed by atoms with Crippen molar-refractivity contribution in [3.05, 3.63) is 210 Å². The Balaban J connectivity index is 1.09. The maximum absolute atomic E-state index is 7.96. The predicted molar refractivity (Wildman–Crippen MR) is 287 cm³/mol. The van der Waals surface area contributed by atoms with Gasteiger partial charge in [0.1, 0.15) is 23.1 Å². The van der Waals surface area contributed by atoms with Crippen LogP contribution in [0.3, 0.4) is 0 Å². The van der Waals surface area contributed by atoms with Crippen LogP contribution in [0.15, 0.2) is 176 Å². The van der Waals surface area contributed by atoms with Gasteiger partial charge in [-0.2, -0.15) is 0 Å². The Morgan fingerprint density at radius 1 is 0.391 bits per heavy atom. The van der Waals surface area contributed by atoms with E-state index in [4.69, 9.17) is 21.3 Å². The zero-order valence-corrected chi connectivity index (χ0v) is 40.7. The highest BCUT2D eigenvalue weighted by Gasteiger charge is 2.26. The fourth-order valence-corrected chi connectivity index (χ4v) is 9.76. The first-order valence-corrected chi connectivity index (χ1v) is 24.2. The van der Waals surface area contributed by atoms with Crippen LogP contribution in [-0.4, -0.2) is 19.1 Å². The van der Waals surface area contributed by atoms with Crippen LogP contribution in [0.25, 0.3) is 83.3 Å². The average Bonchev–Trinajstić information content (AvgIpc) is 3.95. The van der Waals surface area contributed by atoms with Crippen molar-refractivity contribution in [1.29, 1.82) is 0 Å². The van der Waals surface area contributed by atoms with Crippen molar-refractivity contribution in [2.24, 2.45) is 0 Å². The van der Waals surface area contributed by atoms with Crippen LogP contribution < -0.4 is 4.74 Å². The molecule has 10 rings (SSSR count). The van der Waals surface area contributed by atoms with Crippen LogP contribution in [0.4, 0.5) is 5.69 Å². The van der Waals surface area contributed by atoms with Crippen LogP contribution in [0.1, 0.15) is 101 Å². The monoisotopic (exact) mass is 899 g/mol. The largest absolute Gasteiger partial charge is 0.457 e. The van der Waals surface area contributed by atoms with Crippen molar-refractivity contribution >= 4 is 27.8 Å². The van der Waals surface area contributed by atoms with Gasteiger partial charge in [0, 0.05) is 11.1 Å². The molecule has 2 heterocycles. The maximum atomic E-state index is 7.96.